The molecule has 0 fully saturated rings. The van der Waals surface area contributed by atoms with Crippen LogP contribution in [-0.4, -0.2) is 27.5 Å². The third-order valence-electron chi connectivity index (χ3n) is 6.89. The zero-order valence-corrected chi connectivity index (χ0v) is 19.8. The number of aromatic nitrogens is 1. The molecule has 0 radical (unpaired) electrons. The fraction of sp³-hybridized carbons (Fsp3) is 0.310. The maximum atomic E-state index is 13.4. The predicted molar refractivity (Wildman–Crippen MR) is 133 cm³/mol. The molecule has 1 heterocycles. The number of Topliss-reactive ketones (excluding diaryl/α,β-unsaturated/α-hetero) is 2. The standard InChI is InChI=1S/C29H28N2O4/c1-18-8-5-6-11-21(18)30-22(14-15-23-29-24(32)12-7-13-27(29)35-31-23)28-25(33)16-20(17-26(28)34)19-9-3-2-4-10-19/h2-6,8-11,20,33H,7,12-17H2,1H3. The average molecular weight is 469 g/mol. The van der Waals surface area contributed by atoms with Crippen LogP contribution >= 0.6 is 0 Å². The van der Waals surface area contributed by atoms with E-state index in [2.05, 4.69) is 5.16 Å². The number of allylic oxidation sites excluding steroid dienone is 2. The number of carbonyl (C=O) groups excluding carboxylic acids is 2. The minimum Gasteiger partial charge on any atom is -0.511 e. The Morgan fingerprint density at radius 1 is 1.03 bits per heavy atom. The Morgan fingerprint density at radius 3 is 2.57 bits per heavy atom. The molecule has 1 aromatic heterocycles. The van der Waals surface area contributed by atoms with E-state index in [4.69, 9.17) is 9.52 Å². The number of carbonyl (C=O) groups is 2. The van der Waals surface area contributed by atoms with Crippen molar-refractivity contribution in [1.82, 2.24) is 5.16 Å². The van der Waals surface area contributed by atoms with Gasteiger partial charge in [0.25, 0.3) is 0 Å². The summed E-state index contributed by atoms with van der Waals surface area (Å²) in [5, 5.41) is 15.2. The number of benzene rings is 2. The third kappa shape index (κ3) is 4.74. The van der Waals surface area contributed by atoms with Gasteiger partial charge in [-0.3, -0.25) is 14.6 Å². The van der Waals surface area contributed by atoms with E-state index >= 15 is 0 Å². The van der Waals surface area contributed by atoms with E-state index in [0.29, 0.717) is 66.8 Å². The molecular weight excluding hydrogens is 440 g/mol. The molecule has 1 N–H and O–H groups in total. The van der Waals surface area contributed by atoms with E-state index in [-0.39, 0.29) is 23.2 Å². The van der Waals surface area contributed by atoms with Crippen molar-refractivity contribution >= 4 is 23.0 Å². The molecule has 1 atom stereocenters. The number of para-hydroxylation sites is 1. The first-order valence-corrected chi connectivity index (χ1v) is 12.2. The summed E-state index contributed by atoms with van der Waals surface area (Å²) in [6.45, 7) is 1.96. The Bertz CT molecular complexity index is 1330. The van der Waals surface area contributed by atoms with Gasteiger partial charge in [-0.05, 0) is 49.3 Å². The number of aliphatic hydroxyl groups excluding tert-OH is 1. The fourth-order valence-electron chi connectivity index (χ4n) is 5.05. The SMILES string of the molecule is Cc1ccccc1N=C(CCc1noc2c1C(=O)CCC2)C1=C(O)CC(c2ccccc2)CC1=O. The molecule has 0 saturated heterocycles. The minimum absolute atomic E-state index is 0.0569. The van der Waals surface area contributed by atoms with Gasteiger partial charge in [0.15, 0.2) is 11.6 Å². The summed E-state index contributed by atoms with van der Waals surface area (Å²) in [6, 6.07) is 17.5. The second kappa shape index (κ2) is 9.82. The molecule has 0 bridgehead atoms. The molecule has 1 unspecified atom stereocenters. The lowest BCUT2D eigenvalue weighted by Crippen LogP contribution is -2.24. The van der Waals surface area contributed by atoms with Gasteiger partial charge in [0.05, 0.1) is 28.2 Å². The Hall–Kier alpha value is -3.80. The number of aliphatic imine (C=N–C) groups is 1. The summed E-state index contributed by atoms with van der Waals surface area (Å²) in [4.78, 5) is 30.7. The number of fused-ring (bicyclic) bond motifs is 1. The Kier molecular flexibility index (Phi) is 6.45. The first-order chi connectivity index (χ1) is 17.0. The lowest BCUT2D eigenvalue weighted by Gasteiger charge is -2.24. The number of aliphatic hydroxyl groups is 1. The number of hydrogen-bond donors (Lipinski definition) is 1. The molecule has 3 aromatic rings. The van der Waals surface area contributed by atoms with Gasteiger partial charge in [-0.2, -0.15) is 0 Å². The predicted octanol–water partition coefficient (Wildman–Crippen LogP) is 6.17. The number of ketones is 2. The van der Waals surface area contributed by atoms with Gasteiger partial charge in [-0.1, -0.05) is 53.7 Å². The third-order valence-corrected chi connectivity index (χ3v) is 6.89. The number of aryl methyl sites for hydroxylation is 3. The van der Waals surface area contributed by atoms with Crippen LogP contribution < -0.4 is 0 Å². The molecule has 2 aliphatic carbocycles. The lowest BCUT2D eigenvalue weighted by atomic mass is 9.80. The van der Waals surface area contributed by atoms with Crippen LogP contribution in [0, 0.1) is 6.92 Å². The van der Waals surface area contributed by atoms with Crippen LogP contribution in [0.25, 0.3) is 0 Å². The first kappa shape index (κ1) is 23.0. The van der Waals surface area contributed by atoms with E-state index in [1.807, 2.05) is 61.5 Å². The van der Waals surface area contributed by atoms with Crippen LogP contribution in [0.3, 0.4) is 0 Å². The van der Waals surface area contributed by atoms with Crippen LogP contribution in [0.1, 0.15) is 71.0 Å². The highest BCUT2D eigenvalue weighted by Crippen LogP contribution is 2.35. The molecule has 178 valence electrons. The van der Waals surface area contributed by atoms with Crippen LogP contribution in [0.5, 0.6) is 0 Å². The van der Waals surface area contributed by atoms with Crippen LogP contribution in [0.4, 0.5) is 5.69 Å². The van der Waals surface area contributed by atoms with Crippen molar-refractivity contribution in [2.75, 3.05) is 0 Å². The number of nitrogens with zero attached hydrogens (tertiary/aromatic N) is 2. The fourth-order valence-corrected chi connectivity index (χ4v) is 5.05. The normalized spacial score (nSPS) is 18.7. The maximum absolute atomic E-state index is 13.4. The summed E-state index contributed by atoms with van der Waals surface area (Å²) in [5.41, 5.74) is 4.77. The summed E-state index contributed by atoms with van der Waals surface area (Å²) >= 11 is 0. The topological polar surface area (TPSA) is 92.8 Å². The summed E-state index contributed by atoms with van der Waals surface area (Å²) in [5.74, 6) is 0.595. The van der Waals surface area contributed by atoms with E-state index in [0.717, 1.165) is 23.2 Å². The highest BCUT2D eigenvalue weighted by Gasteiger charge is 2.32. The van der Waals surface area contributed by atoms with Crippen molar-refractivity contribution in [2.45, 2.75) is 57.8 Å². The van der Waals surface area contributed by atoms with Gasteiger partial charge in [0.2, 0.25) is 0 Å². The van der Waals surface area contributed by atoms with Crippen molar-refractivity contribution in [3.63, 3.8) is 0 Å². The number of rotatable bonds is 6. The largest absolute Gasteiger partial charge is 0.511 e. The van der Waals surface area contributed by atoms with E-state index < -0.39 is 0 Å². The smallest absolute Gasteiger partial charge is 0.168 e. The first-order valence-electron chi connectivity index (χ1n) is 12.2. The molecular formula is C29H28N2O4. The van der Waals surface area contributed by atoms with Gasteiger partial charge >= 0.3 is 0 Å². The van der Waals surface area contributed by atoms with Crippen LogP contribution in [0.15, 0.2) is 75.4 Å². The van der Waals surface area contributed by atoms with Gasteiger partial charge in [-0.15, -0.1) is 0 Å². The van der Waals surface area contributed by atoms with Gasteiger partial charge in [0.1, 0.15) is 11.5 Å². The van der Waals surface area contributed by atoms with Crippen LogP contribution in [-0.2, 0) is 17.6 Å². The molecule has 2 aromatic carbocycles. The van der Waals surface area contributed by atoms with Crippen molar-refractivity contribution in [2.24, 2.45) is 4.99 Å². The van der Waals surface area contributed by atoms with Gasteiger partial charge < -0.3 is 9.63 Å². The average Bonchev–Trinajstić information content (AvgIpc) is 3.28. The summed E-state index contributed by atoms with van der Waals surface area (Å²) in [7, 11) is 0. The molecule has 0 saturated carbocycles. The molecule has 2 aliphatic rings. The maximum Gasteiger partial charge on any atom is 0.168 e. The molecule has 0 amide bonds. The van der Waals surface area contributed by atoms with E-state index in [1.165, 1.54) is 0 Å². The lowest BCUT2D eigenvalue weighted by molar-refractivity contribution is -0.116. The van der Waals surface area contributed by atoms with Crippen molar-refractivity contribution < 1.29 is 19.2 Å². The molecule has 5 rings (SSSR count). The molecule has 35 heavy (non-hydrogen) atoms. The van der Waals surface area contributed by atoms with Crippen LogP contribution in [0.2, 0.25) is 0 Å². The zero-order valence-electron chi connectivity index (χ0n) is 19.8. The van der Waals surface area contributed by atoms with Crippen molar-refractivity contribution in [1.29, 1.82) is 0 Å². The molecule has 6 heteroatoms. The van der Waals surface area contributed by atoms with Gasteiger partial charge in [0, 0.05) is 25.7 Å². The Labute approximate surface area is 204 Å². The Morgan fingerprint density at radius 2 is 1.80 bits per heavy atom. The second-order valence-corrected chi connectivity index (χ2v) is 9.31. The van der Waals surface area contributed by atoms with Crippen molar-refractivity contribution in [3.05, 3.63) is 94.1 Å². The molecule has 0 aliphatic heterocycles. The monoisotopic (exact) mass is 468 g/mol. The van der Waals surface area contributed by atoms with E-state index in [9.17, 15) is 14.7 Å². The van der Waals surface area contributed by atoms with Gasteiger partial charge in [-0.25, -0.2) is 0 Å². The minimum atomic E-state index is -0.117. The highest BCUT2D eigenvalue weighted by molar-refractivity contribution is 6.24. The molecule has 6 nitrogen and oxygen atoms in total. The highest BCUT2D eigenvalue weighted by atomic mass is 16.5. The number of hydrogen-bond acceptors (Lipinski definition) is 6. The van der Waals surface area contributed by atoms with E-state index in [1.54, 1.807) is 0 Å². The Balaban J connectivity index is 1.49. The second-order valence-electron chi connectivity index (χ2n) is 9.31. The van der Waals surface area contributed by atoms with Crippen molar-refractivity contribution in [3.8, 4) is 0 Å². The summed E-state index contributed by atoms with van der Waals surface area (Å²) in [6.07, 6.45) is 3.45. The quantitative estimate of drug-likeness (QED) is 0.437. The molecule has 0 spiro atoms. The zero-order chi connectivity index (χ0) is 24.4. The summed E-state index contributed by atoms with van der Waals surface area (Å²) < 4.78 is 5.44.